The first-order valence-electron chi connectivity index (χ1n) is 8.66. The summed E-state index contributed by atoms with van der Waals surface area (Å²) >= 11 is 1.31. The summed E-state index contributed by atoms with van der Waals surface area (Å²) < 4.78 is 0. The Bertz CT molecular complexity index is 772. The molecule has 0 aliphatic heterocycles. The second-order valence-corrected chi connectivity index (χ2v) is 7.54. The molecule has 2 aromatic carbocycles. The Morgan fingerprint density at radius 1 is 0.923 bits per heavy atom. The normalized spacial score (nSPS) is 11.7. The van der Waals surface area contributed by atoms with Crippen molar-refractivity contribution in [3.05, 3.63) is 64.7 Å². The van der Waals surface area contributed by atoms with Crippen molar-refractivity contribution in [2.45, 2.75) is 33.7 Å². The fourth-order valence-corrected chi connectivity index (χ4v) is 3.29. The Labute approximate surface area is 159 Å². The van der Waals surface area contributed by atoms with Crippen LogP contribution in [0.15, 0.2) is 42.5 Å². The second-order valence-electron chi connectivity index (χ2n) is 6.56. The molecule has 2 rings (SSSR count). The van der Waals surface area contributed by atoms with Crippen molar-refractivity contribution in [1.82, 2.24) is 5.32 Å². The van der Waals surface area contributed by atoms with E-state index in [1.165, 1.54) is 17.3 Å². The minimum absolute atomic E-state index is 0.0515. The van der Waals surface area contributed by atoms with Gasteiger partial charge in [-0.15, -0.1) is 11.8 Å². The van der Waals surface area contributed by atoms with E-state index in [0.717, 1.165) is 22.4 Å². The highest BCUT2D eigenvalue weighted by atomic mass is 32.2. The lowest BCUT2D eigenvalue weighted by Gasteiger charge is -2.17. The average molecular weight is 371 g/mol. The third-order valence-electron chi connectivity index (χ3n) is 4.08. The number of hydrogen-bond donors (Lipinski definition) is 2. The van der Waals surface area contributed by atoms with Crippen molar-refractivity contribution in [1.29, 1.82) is 0 Å². The van der Waals surface area contributed by atoms with Crippen LogP contribution in [0.1, 0.15) is 35.2 Å². The van der Waals surface area contributed by atoms with Gasteiger partial charge in [0.05, 0.1) is 17.5 Å². The Hall–Kier alpha value is -2.27. The summed E-state index contributed by atoms with van der Waals surface area (Å²) in [6, 6.07) is 13.8. The van der Waals surface area contributed by atoms with E-state index in [2.05, 4.69) is 28.8 Å². The Kier molecular flexibility index (Phi) is 7.27. The van der Waals surface area contributed by atoms with E-state index in [-0.39, 0.29) is 29.4 Å². The third kappa shape index (κ3) is 6.23. The number of anilines is 1. The van der Waals surface area contributed by atoms with Crippen LogP contribution in [0, 0.1) is 20.8 Å². The highest BCUT2D eigenvalue weighted by molar-refractivity contribution is 8.00. The van der Waals surface area contributed by atoms with Crippen LogP contribution >= 0.6 is 11.8 Å². The maximum absolute atomic E-state index is 12.1. The molecule has 0 aliphatic carbocycles. The number of rotatable bonds is 7. The SMILES string of the molecule is Cc1ccc(NC(=O)CSCC(=O)NC(C)c2cc(C)ccc2C)cc1. The quantitative estimate of drug-likeness (QED) is 0.769. The van der Waals surface area contributed by atoms with Crippen molar-refractivity contribution >= 4 is 29.3 Å². The molecule has 5 heteroatoms. The van der Waals surface area contributed by atoms with Crippen LogP contribution in [-0.4, -0.2) is 23.3 Å². The number of nitrogens with one attached hydrogen (secondary N) is 2. The number of hydrogen-bond acceptors (Lipinski definition) is 3. The van der Waals surface area contributed by atoms with Gasteiger partial charge in [0.1, 0.15) is 0 Å². The fraction of sp³-hybridized carbons (Fsp3) is 0.333. The first-order chi connectivity index (χ1) is 12.3. The fourth-order valence-electron chi connectivity index (χ4n) is 2.66. The molecular formula is C21H26N2O2S. The summed E-state index contributed by atoms with van der Waals surface area (Å²) in [6.07, 6.45) is 0. The van der Waals surface area contributed by atoms with E-state index in [4.69, 9.17) is 0 Å². The Balaban J connectivity index is 1.75. The standard InChI is InChI=1S/C21H26N2O2S/c1-14-6-9-18(10-7-14)23-21(25)13-26-12-20(24)22-17(4)19-11-15(2)5-8-16(19)3/h5-11,17H,12-13H2,1-4H3,(H,22,24)(H,23,25). The van der Waals surface area contributed by atoms with Gasteiger partial charge in [0.15, 0.2) is 0 Å². The smallest absolute Gasteiger partial charge is 0.234 e. The first kappa shape index (κ1) is 20.0. The minimum atomic E-state index is -0.103. The number of carbonyl (C=O) groups is 2. The van der Waals surface area contributed by atoms with Crippen LogP contribution in [0.3, 0.4) is 0 Å². The van der Waals surface area contributed by atoms with E-state index in [9.17, 15) is 9.59 Å². The molecule has 2 aromatic rings. The lowest BCUT2D eigenvalue weighted by molar-refractivity contribution is -0.119. The van der Waals surface area contributed by atoms with Gasteiger partial charge in [-0.3, -0.25) is 9.59 Å². The Morgan fingerprint density at radius 2 is 1.54 bits per heavy atom. The summed E-state index contributed by atoms with van der Waals surface area (Å²) in [4.78, 5) is 24.1. The highest BCUT2D eigenvalue weighted by Gasteiger charge is 2.12. The molecule has 1 atom stereocenters. The van der Waals surface area contributed by atoms with Crippen LogP contribution in [0.25, 0.3) is 0 Å². The number of carbonyl (C=O) groups excluding carboxylic acids is 2. The van der Waals surface area contributed by atoms with Gasteiger partial charge in [-0.1, -0.05) is 41.5 Å². The highest BCUT2D eigenvalue weighted by Crippen LogP contribution is 2.19. The van der Waals surface area contributed by atoms with Crippen LogP contribution in [0.2, 0.25) is 0 Å². The van der Waals surface area contributed by atoms with Gasteiger partial charge in [-0.2, -0.15) is 0 Å². The molecule has 0 radical (unpaired) electrons. The molecule has 0 spiro atoms. The molecule has 26 heavy (non-hydrogen) atoms. The van der Waals surface area contributed by atoms with Crippen molar-refractivity contribution in [2.24, 2.45) is 0 Å². The molecule has 0 aliphatic rings. The topological polar surface area (TPSA) is 58.2 Å². The van der Waals surface area contributed by atoms with E-state index in [0.29, 0.717) is 0 Å². The van der Waals surface area contributed by atoms with Gasteiger partial charge in [-0.05, 0) is 51.0 Å². The molecule has 1 unspecified atom stereocenters. The van der Waals surface area contributed by atoms with Gasteiger partial charge in [0.2, 0.25) is 11.8 Å². The summed E-state index contributed by atoms with van der Waals surface area (Å²) in [6.45, 7) is 8.06. The molecule has 0 heterocycles. The molecule has 2 N–H and O–H groups in total. The summed E-state index contributed by atoms with van der Waals surface area (Å²) in [5.41, 5.74) is 5.38. The van der Waals surface area contributed by atoms with E-state index in [1.54, 1.807) is 0 Å². The van der Waals surface area contributed by atoms with Crippen LogP contribution in [0.4, 0.5) is 5.69 Å². The monoisotopic (exact) mass is 370 g/mol. The summed E-state index contributed by atoms with van der Waals surface area (Å²) in [5.74, 6) is 0.344. The molecule has 0 fully saturated rings. The molecular weight excluding hydrogens is 344 g/mol. The van der Waals surface area contributed by atoms with Crippen LogP contribution < -0.4 is 10.6 Å². The number of amides is 2. The van der Waals surface area contributed by atoms with Gasteiger partial charge in [0.25, 0.3) is 0 Å². The molecule has 2 amide bonds. The minimum Gasteiger partial charge on any atom is -0.349 e. The van der Waals surface area contributed by atoms with Gasteiger partial charge < -0.3 is 10.6 Å². The molecule has 0 aromatic heterocycles. The van der Waals surface area contributed by atoms with Gasteiger partial charge >= 0.3 is 0 Å². The van der Waals surface area contributed by atoms with E-state index >= 15 is 0 Å². The summed E-state index contributed by atoms with van der Waals surface area (Å²) in [5, 5.41) is 5.83. The van der Waals surface area contributed by atoms with Crippen molar-refractivity contribution in [3.8, 4) is 0 Å². The lowest BCUT2D eigenvalue weighted by atomic mass is 10.00. The van der Waals surface area contributed by atoms with Gasteiger partial charge in [0, 0.05) is 5.69 Å². The zero-order valence-corrected chi connectivity index (χ0v) is 16.6. The average Bonchev–Trinajstić information content (AvgIpc) is 2.59. The van der Waals surface area contributed by atoms with Crippen molar-refractivity contribution in [2.75, 3.05) is 16.8 Å². The maximum Gasteiger partial charge on any atom is 0.234 e. The third-order valence-corrected chi connectivity index (χ3v) is 5.01. The predicted molar refractivity (Wildman–Crippen MR) is 110 cm³/mol. The number of thioether (sulfide) groups is 1. The zero-order chi connectivity index (χ0) is 19.1. The molecule has 0 bridgehead atoms. The Morgan fingerprint density at radius 3 is 2.23 bits per heavy atom. The molecule has 0 saturated carbocycles. The van der Waals surface area contributed by atoms with Crippen molar-refractivity contribution < 1.29 is 9.59 Å². The second kappa shape index (κ2) is 9.43. The lowest BCUT2D eigenvalue weighted by Crippen LogP contribution is -2.29. The molecule has 0 saturated heterocycles. The maximum atomic E-state index is 12.1. The largest absolute Gasteiger partial charge is 0.349 e. The van der Waals surface area contributed by atoms with E-state index in [1.807, 2.05) is 52.0 Å². The van der Waals surface area contributed by atoms with Crippen LogP contribution in [-0.2, 0) is 9.59 Å². The first-order valence-corrected chi connectivity index (χ1v) is 9.81. The number of benzene rings is 2. The zero-order valence-electron chi connectivity index (χ0n) is 15.8. The van der Waals surface area contributed by atoms with Gasteiger partial charge in [-0.25, -0.2) is 0 Å². The molecule has 4 nitrogen and oxygen atoms in total. The predicted octanol–water partition coefficient (Wildman–Crippen LogP) is 4.16. The summed E-state index contributed by atoms with van der Waals surface area (Å²) in [7, 11) is 0. The molecule has 138 valence electrons. The van der Waals surface area contributed by atoms with Crippen molar-refractivity contribution in [3.63, 3.8) is 0 Å². The van der Waals surface area contributed by atoms with Crippen LogP contribution in [0.5, 0.6) is 0 Å². The van der Waals surface area contributed by atoms with E-state index < -0.39 is 0 Å². The number of aryl methyl sites for hydroxylation is 3.